The number of rotatable bonds is 6. The number of nitrogens with one attached hydrogen (secondary N) is 1. The lowest BCUT2D eigenvalue weighted by atomic mass is 10.1. The number of amides is 2. The molecule has 3 rings (SSSR count). The van der Waals surface area contributed by atoms with Gasteiger partial charge in [-0.05, 0) is 43.2 Å². The summed E-state index contributed by atoms with van der Waals surface area (Å²) >= 11 is 6.32. The van der Waals surface area contributed by atoms with Gasteiger partial charge in [0, 0.05) is 12.1 Å². The minimum absolute atomic E-state index is 0.184. The average molecular weight is 431 g/mol. The van der Waals surface area contributed by atoms with Crippen LogP contribution in [0.25, 0.3) is 6.08 Å². The Hall–Kier alpha value is -2.71. The van der Waals surface area contributed by atoms with Crippen LogP contribution in [0.3, 0.4) is 0 Å². The monoisotopic (exact) mass is 430 g/mol. The fourth-order valence-electron chi connectivity index (χ4n) is 2.80. The second-order valence-electron chi connectivity index (χ2n) is 6.46. The first kappa shape index (κ1) is 21.0. The van der Waals surface area contributed by atoms with Crippen molar-refractivity contribution in [3.8, 4) is 5.75 Å². The molecule has 2 aromatic rings. The molecule has 2 amide bonds. The highest BCUT2D eigenvalue weighted by molar-refractivity contribution is 8.26. The number of thiocarbonyl (C=S) groups is 1. The highest BCUT2D eigenvalue weighted by Crippen LogP contribution is 2.34. The SMILES string of the molecule is C[C@@H](C(=O)NCCc1ccc(O)cc1)N1C(=O)/C(=C/c2ccccc2F)SC1=S. The smallest absolute Gasteiger partial charge is 0.266 e. The molecule has 0 bridgehead atoms. The highest BCUT2D eigenvalue weighted by Gasteiger charge is 2.38. The molecule has 1 fully saturated rings. The van der Waals surface area contributed by atoms with Crippen LogP contribution in [0.4, 0.5) is 4.39 Å². The first-order chi connectivity index (χ1) is 13.9. The minimum Gasteiger partial charge on any atom is -0.508 e. The number of thioether (sulfide) groups is 1. The van der Waals surface area contributed by atoms with Crippen LogP contribution in [-0.2, 0) is 16.0 Å². The third-order valence-corrected chi connectivity index (χ3v) is 5.76. The van der Waals surface area contributed by atoms with Crippen molar-refractivity contribution in [1.82, 2.24) is 10.2 Å². The zero-order valence-electron chi connectivity index (χ0n) is 15.6. The number of aromatic hydroxyl groups is 1. The number of hydrogen-bond acceptors (Lipinski definition) is 5. The van der Waals surface area contributed by atoms with E-state index in [4.69, 9.17) is 12.2 Å². The van der Waals surface area contributed by atoms with Gasteiger partial charge in [0.15, 0.2) is 0 Å². The zero-order valence-corrected chi connectivity index (χ0v) is 17.2. The van der Waals surface area contributed by atoms with Crippen molar-refractivity contribution in [2.75, 3.05) is 6.54 Å². The normalized spacial score (nSPS) is 16.3. The fourth-order valence-corrected chi connectivity index (χ4v) is 4.21. The third kappa shape index (κ3) is 5.02. The summed E-state index contributed by atoms with van der Waals surface area (Å²) in [5.41, 5.74) is 1.26. The van der Waals surface area contributed by atoms with Gasteiger partial charge in [0.2, 0.25) is 5.91 Å². The van der Waals surface area contributed by atoms with Crippen molar-refractivity contribution in [3.63, 3.8) is 0 Å². The first-order valence-corrected chi connectivity index (χ1v) is 10.2. The number of phenols is 1. The number of nitrogens with zero attached hydrogens (tertiary/aromatic N) is 1. The number of halogens is 1. The van der Waals surface area contributed by atoms with Gasteiger partial charge in [-0.15, -0.1) is 0 Å². The Labute approximate surface area is 177 Å². The minimum atomic E-state index is -0.783. The Bertz CT molecular complexity index is 976. The molecule has 0 radical (unpaired) electrons. The summed E-state index contributed by atoms with van der Waals surface area (Å²) < 4.78 is 14.1. The average Bonchev–Trinajstić information content (AvgIpc) is 2.97. The standard InChI is InChI=1S/C21H19FN2O3S2/c1-13(19(26)23-11-10-14-6-8-16(25)9-7-14)24-20(27)18(29-21(24)28)12-15-4-2-3-5-17(15)22/h2-9,12-13,25H,10-11H2,1H3,(H,23,26)/b18-12-/t13-/m0/s1. The Morgan fingerprint density at radius 3 is 2.66 bits per heavy atom. The number of carbonyl (C=O) groups is 2. The van der Waals surface area contributed by atoms with Crippen molar-refractivity contribution in [2.45, 2.75) is 19.4 Å². The second kappa shape index (κ2) is 9.19. The lowest BCUT2D eigenvalue weighted by Gasteiger charge is -2.22. The molecule has 2 N–H and O–H groups in total. The Kier molecular flexibility index (Phi) is 6.66. The van der Waals surface area contributed by atoms with Gasteiger partial charge in [0.05, 0.1) is 4.91 Å². The van der Waals surface area contributed by atoms with E-state index in [2.05, 4.69) is 5.32 Å². The maximum atomic E-state index is 13.9. The quantitative estimate of drug-likeness (QED) is 0.543. The molecule has 1 saturated heterocycles. The van der Waals surface area contributed by atoms with Crippen LogP contribution in [0.1, 0.15) is 18.1 Å². The van der Waals surface area contributed by atoms with E-state index in [9.17, 15) is 19.1 Å². The number of hydrogen-bond donors (Lipinski definition) is 2. The van der Waals surface area contributed by atoms with Crippen molar-refractivity contribution >= 4 is 46.2 Å². The van der Waals surface area contributed by atoms with Gasteiger partial charge < -0.3 is 10.4 Å². The number of benzene rings is 2. The molecule has 0 saturated carbocycles. The van der Waals surface area contributed by atoms with E-state index in [1.165, 1.54) is 17.0 Å². The Morgan fingerprint density at radius 2 is 1.97 bits per heavy atom. The van der Waals surface area contributed by atoms with Gasteiger partial charge in [-0.3, -0.25) is 14.5 Å². The molecule has 1 atom stereocenters. The van der Waals surface area contributed by atoms with E-state index in [-0.39, 0.29) is 20.9 Å². The van der Waals surface area contributed by atoms with Crippen LogP contribution in [0.15, 0.2) is 53.4 Å². The van der Waals surface area contributed by atoms with Crippen LogP contribution in [0.5, 0.6) is 5.75 Å². The molecule has 29 heavy (non-hydrogen) atoms. The zero-order chi connectivity index (χ0) is 21.0. The molecule has 0 aromatic heterocycles. The largest absolute Gasteiger partial charge is 0.508 e. The summed E-state index contributed by atoms with van der Waals surface area (Å²) in [6, 6.07) is 12.1. The summed E-state index contributed by atoms with van der Waals surface area (Å²) in [5, 5.41) is 12.1. The summed E-state index contributed by atoms with van der Waals surface area (Å²) in [6.07, 6.45) is 2.04. The first-order valence-electron chi connectivity index (χ1n) is 8.94. The number of phenolic OH excluding ortho intramolecular Hbond substituents is 1. The summed E-state index contributed by atoms with van der Waals surface area (Å²) in [6.45, 7) is 1.99. The molecule has 2 aromatic carbocycles. The molecular weight excluding hydrogens is 411 g/mol. The van der Waals surface area contributed by atoms with Crippen LogP contribution in [-0.4, -0.2) is 38.7 Å². The summed E-state index contributed by atoms with van der Waals surface area (Å²) in [5.74, 6) is -0.987. The third-order valence-electron chi connectivity index (χ3n) is 4.43. The van der Waals surface area contributed by atoms with Gasteiger partial charge in [0.25, 0.3) is 5.91 Å². The predicted octanol–water partition coefficient (Wildman–Crippen LogP) is 3.48. The molecule has 5 nitrogen and oxygen atoms in total. The van der Waals surface area contributed by atoms with E-state index in [0.29, 0.717) is 18.5 Å². The van der Waals surface area contributed by atoms with Gasteiger partial charge in [-0.25, -0.2) is 4.39 Å². The van der Waals surface area contributed by atoms with E-state index in [1.807, 2.05) is 0 Å². The molecule has 1 heterocycles. The van der Waals surface area contributed by atoms with E-state index >= 15 is 0 Å². The second-order valence-corrected chi connectivity index (χ2v) is 8.13. The lowest BCUT2D eigenvalue weighted by molar-refractivity contribution is -0.132. The van der Waals surface area contributed by atoms with Crippen LogP contribution in [0.2, 0.25) is 0 Å². The van der Waals surface area contributed by atoms with E-state index in [1.54, 1.807) is 49.4 Å². The molecular formula is C21H19FN2O3S2. The maximum absolute atomic E-state index is 13.9. The van der Waals surface area contributed by atoms with Gasteiger partial charge >= 0.3 is 0 Å². The molecule has 8 heteroatoms. The molecule has 1 aliphatic rings. The Morgan fingerprint density at radius 1 is 1.28 bits per heavy atom. The molecule has 0 unspecified atom stereocenters. The van der Waals surface area contributed by atoms with E-state index < -0.39 is 17.8 Å². The molecule has 150 valence electrons. The van der Waals surface area contributed by atoms with Gasteiger partial charge in [-0.2, -0.15) is 0 Å². The lowest BCUT2D eigenvalue weighted by Crippen LogP contribution is -2.47. The van der Waals surface area contributed by atoms with Crippen LogP contribution < -0.4 is 5.32 Å². The highest BCUT2D eigenvalue weighted by atomic mass is 32.2. The topological polar surface area (TPSA) is 69.6 Å². The number of carbonyl (C=O) groups excluding carboxylic acids is 2. The Balaban J connectivity index is 1.62. The maximum Gasteiger partial charge on any atom is 0.266 e. The molecule has 0 aliphatic carbocycles. The fraction of sp³-hybridized carbons (Fsp3) is 0.190. The predicted molar refractivity (Wildman–Crippen MR) is 116 cm³/mol. The van der Waals surface area contributed by atoms with Gasteiger partial charge in [-0.1, -0.05) is 54.3 Å². The summed E-state index contributed by atoms with van der Waals surface area (Å²) in [7, 11) is 0. The van der Waals surface area contributed by atoms with Crippen LogP contribution >= 0.6 is 24.0 Å². The molecule has 0 spiro atoms. The van der Waals surface area contributed by atoms with Crippen molar-refractivity contribution in [1.29, 1.82) is 0 Å². The van der Waals surface area contributed by atoms with Crippen molar-refractivity contribution < 1.29 is 19.1 Å². The van der Waals surface area contributed by atoms with Gasteiger partial charge in [0.1, 0.15) is 21.9 Å². The summed E-state index contributed by atoms with van der Waals surface area (Å²) in [4.78, 5) is 26.8. The van der Waals surface area contributed by atoms with E-state index in [0.717, 1.165) is 17.3 Å². The van der Waals surface area contributed by atoms with Crippen LogP contribution in [0, 0.1) is 5.82 Å². The molecule has 1 aliphatic heterocycles. The van der Waals surface area contributed by atoms with Crippen molar-refractivity contribution in [2.24, 2.45) is 0 Å². The van der Waals surface area contributed by atoms with Crippen molar-refractivity contribution in [3.05, 3.63) is 70.4 Å².